The molecule has 0 amide bonds. The molecule has 0 atom stereocenters. The zero-order chi connectivity index (χ0) is 17.4. The Balaban J connectivity index is 2.45. The number of carboxylic acid groups (broad SMARTS) is 1. The van der Waals surface area contributed by atoms with Crippen LogP contribution in [0.1, 0.15) is 27.0 Å². The third kappa shape index (κ3) is 3.45. The van der Waals surface area contributed by atoms with Crippen molar-refractivity contribution in [3.63, 3.8) is 0 Å². The molecular formula is C16H17NO5S. The summed E-state index contributed by atoms with van der Waals surface area (Å²) in [4.78, 5) is 11.1. The fourth-order valence-corrected chi connectivity index (χ4v) is 3.57. The fraction of sp³-hybridized carbons (Fsp3) is 0.188. The second kappa shape index (κ2) is 5.92. The molecule has 7 heteroatoms. The number of anilines is 1. The highest BCUT2D eigenvalue weighted by atomic mass is 32.2. The first-order valence-corrected chi connectivity index (χ1v) is 8.27. The molecule has 3 N–H and O–H groups in total. The highest BCUT2D eigenvalue weighted by Crippen LogP contribution is 2.26. The van der Waals surface area contributed by atoms with E-state index < -0.39 is 21.7 Å². The van der Waals surface area contributed by atoms with Gasteiger partial charge in [0.05, 0.1) is 4.90 Å². The summed E-state index contributed by atoms with van der Waals surface area (Å²) in [7, 11) is -3.86. The van der Waals surface area contributed by atoms with E-state index in [1.165, 1.54) is 6.07 Å². The van der Waals surface area contributed by atoms with E-state index >= 15 is 0 Å². The van der Waals surface area contributed by atoms with Gasteiger partial charge < -0.3 is 10.2 Å². The molecule has 0 heterocycles. The topological polar surface area (TPSA) is 104 Å². The standard InChI is InChI=1S/C16H17NO5S/c1-9-6-11(3)15(7-10(9)2)23(21,22)17-12-4-5-14(18)13(8-12)16(19)20/h4-8,17-18H,1-3H3,(H,19,20). The summed E-state index contributed by atoms with van der Waals surface area (Å²) in [5, 5.41) is 18.5. The first kappa shape index (κ1) is 16.8. The van der Waals surface area contributed by atoms with Crippen molar-refractivity contribution in [3.05, 3.63) is 52.6 Å². The Morgan fingerprint density at radius 3 is 2.22 bits per heavy atom. The second-order valence-corrected chi connectivity index (χ2v) is 7.00. The molecule has 2 rings (SSSR count). The normalized spacial score (nSPS) is 11.3. The quantitative estimate of drug-likeness (QED) is 0.745. The average Bonchev–Trinajstić information content (AvgIpc) is 2.44. The van der Waals surface area contributed by atoms with Gasteiger partial charge in [0.25, 0.3) is 10.0 Å². The van der Waals surface area contributed by atoms with Crippen LogP contribution in [0.25, 0.3) is 0 Å². The number of aryl methyl sites for hydroxylation is 3. The van der Waals surface area contributed by atoms with Crippen molar-refractivity contribution in [1.29, 1.82) is 0 Å². The Morgan fingerprint density at radius 1 is 1.00 bits per heavy atom. The smallest absolute Gasteiger partial charge is 0.339 e. The van der Waals surface area contributed by atoms with Crippen molar-refractivity contribution in [2.75, 3.05) is 4.72 Å². The minimum Gasteiger partial charge on any atom is -0.507 e. The van der Waals surface area contributed by atoms with Gasteiger partial charge in [-0.2, -0.15) is 0 Å². The van der Waals surface area contributed by atoms with E-state index in [9.17, 15) is 18.3 Å². The molecule has 0 unspecified atom stereocenters. The molecule has 0 fully saturated rings. The molecule has 2 aromatic carbocycles. The van der Waals surface area contributed by atoms with Gasteiger partial charge in [-0.25, -0.2) is 13.2 Å². The van der Waals surface area contributed by atoms with Crippen molar-refractivity contribution in [1.82, 2.24) is 0 Å². The van der Waals surface area contributed by atoms with Crippen molar-refractivity contribution in [2.24, 2.45) is 0 Å². The van der Waals surface area contributed by atoms with Crippen molar-refractivity contribution >= 4 is 21.7 Å². The molecular weight excluding hydrogens is 318 g/mol. The van der Waals surface area contributed by atoms with Gasteiger partial charge in [-0.15, -0.1) is 0 Å². The van der Waals surface area contributed by atoms with Crippen LogP contribution in [0, 0.1) is 20.8 Å². The minimum atomic E-state index is -3.86. The van der Waals surface area contributed by atoms with E-state index in [-0.39, 0.29) is 16.1 Å². The van der Waals surface area contributed by atoms with Crippen molar-refractivity contribution in [2.45, 2.75) is 25.7 Å². The molecule has 23 heavy (non-hydrogen) atoms. The van der Waals surface area contributed by atoms with Crippen molar-refractivity contribution < 1.29 is 23.4 Å². The Morgan fingerprint density at radius 2 is 1.61 bits per heavy atom. The van der Waals surface area contributed by atoms with Crippen LogP contribution in [0.2, 0.25) is 0 Å². The molecule has 0 bridgehead atoms. The first-order chi connectivity index (χ1) is 10.6. The Kier molecular flexibility index (Phi) is 4.33. The van der Waals surface area contributed by atoms with Crippen LogP contribution in [0.4, 0.5) is 5.69 Å². The molecule has 122 valence electrons. The lowest BCUT2D eigenvalue weighted by molar-refractivity contribution is 0.0693. The van der Waals surface area contributed by atoms with Crippen LogP contribution in [-0.2, 0) is 10.0 Å². The number of hydrogen-bond donors (Lipinski definition) is 3. The van der Waals surface area contributed by atoms with Gasteiger partial charge in [-0.05, 0) is 61.7 Å². The van der Waals surface area contributed by atoms with Crippen LogP contribution in [0.15, 0.2) is 35.2 Å². The molecule has 0 aliphatic heterocycles. The van der Waals surface area contributed by atoms with Crippen LogP contribution >= 0.6 is 0 Å². The van der Waals surface area contributed by atoms with Crippen molar-refractivity contribution in [3.8, 4) is 5.75 Å². The van der Waals surface area contributed by atoms with Gasteiger partial charge in [0, 0.05) is 5.69 Å². The molecule has 0 radical (unpaired) electrons. The molecule has 0 saturated heterocycles. The summed E-state index contributed by atoms with van der Waals surface area (Å²) in [6.07, 6.45) is 0. The van der Waals surface area contributed by atoms with E-state index in [1.807, 2.05) is 13.8 Å². The summed E-state index contributed by atoms with van der Waals surface area (Å²) in [5.74, 6) is -1.77. The number of rotatable bonds is 4. The van der Waals surface area contributed by atoms with E-state index in [0.29, 0.717) is 5.56 Å². The molecule has 0 aliphatic carbocycles. The number of hydrogen-bond acceptors (Lipinski definition) is 4. The zero-order valence-electron chi connectivity index (χ0n) is 12.9. The van der Waals surface area contributed by atoms with E-state index in [1.54, 1.807) is 19.1 Å². The number of carboxylic acids is 1. The molecule has 0 spiro atoms. The summed E-state index contributed by atoms with van der Waals surface area (Å²) in [6, 6.07) is 6.87. The number of nitrogens with one attached hydrogen (secondary N) is 1. The molecule has 2 aromatic rings. The van der Waals surface area contributed by atoms with Crippen LogP contribution in [0.3, 0.4) is 0 Å². The molecule has 0 aromatic heterocycles. The number of aromatic hydroxyl groups is 1. The summed E-state index contributed by atoms with van der Waals surface area (Å²) in [6.45, 7) is 5.41. The largest absolute Gasteiger partial charge is 0.507 e. The predicted octanol–water partition coefficient (Wildman–Crippen LogP) is 2.82. The van der Waals surface area contributed by atoms with Gasteiger partial charge in [0.15, 0.2) is 0 Å². The SMILES string of the molecule is Cc1cc(C)c(S(=O)(=O)Nc2ccc(O)c(C(=O)O)c2)cc1C. The summed E-state index contributed by atoms with van der Waals surface area (Å²) >= 11 is 0. The highest BCUT2D eigenvalue weighted by Gasteiger charge is 2.19. The lowest BCUT2D eigenvalue weighted by Crippen LogP contribution is -2.15. The number of benzene rings is 2. The number of sulfonamides is 1. The third-order valence-corrected chi connectivity index (χ3v) is 5.08. The second-order valence-electron chi connectivity index (χ2n) is 5.34. The highest BCUT2D eigenvalue weighted by molar-refractivity contribution is 7.92. The predicted molar refractivity (Wildman–Crippen MR) is 86.5 cm³/mol. The van der Waals surface area contributed by atoms with Crippen LogP contribution in [-0.4, -0.2) is 24.6 Å². The Hall–Kier alpha value is -2.54. The van der Waals surface area contributed by atoms with E-state index in [2.05, 4.69) is 4.72 Å². The third-order valence-electron chi connectivity index (χ3n) is 3.56. The number of phenols is 1. The summed E-state index contributed by atoms with van der Waals surface area (Å²) < 4.78 is 27.4. The Bertz CT molecular complexity index is 888. The van der Waals surface area contributed by atoms with Crippen LogP contribution in [0.5, 0.6) is 5.75 Å². The maximum Gasteiger partial charge on any atom is 0.339 e. The molecule has 6 nitrogen and oxygen atoms in total. The first-order valence-electron chi connectivity index (χ1n) is 6.79. The van der Waals surface area contributed by atoms with E-state index in [4.69, 9.17) is 5.11 Å². The lowest BCUT2D eigenvalue weighted by atomic mass is 10.1. The number of carbonyl (C=O) groups is 1. The molecule has 0 saturated carbocycles. The number of aromatic carboxylic acids is 1. The van der Waals surface area contributed by atoms with Gasteiger partial charge >= 0.3 is 5.97 Å². The van der Waals surface area contributed by atoms with Gasteiger partial charge in [0.1, 0.15) is 11.3 Å². The van der Waals surface area contributed by atoms with Gasteiger partial charge in [0.2, 0.25) is 0 Å². The monoisotopic (exact) mass is 335 g/mol. The maximum absolute atomic E-state index is 12.5. The average molecular weight is 335 g/mol. The lowest BCUT2D eigenvalue weighted by Gasteiger charge is -2.13. The fourth-order valence-electron chi connectivity index (χ4n) is 2.20. The maximum atomic E-state index is 12.5. The molecule has 0 aliphatic rings. The van der Waals surface area contributed by atoms with Crippen LogP contribution < -0.4 is 4.72 Å². The zero-order valence-corrected chi connectivity index (χ0v) is 13.7. The van der Waals surface area contributed by atoms with Gasteiger partial charge in [-0.1, -0.05) is 6.07 Å². The Labute approximate surface area is 134 Å². The minimum absolute atomic E-state index is 0.0674. The summed E-state index contributed by atoms with van der Waals surface area (Å²) in [5.41, 5.74) is 2.12. The van der Waals surface area contributed by atoms with Gasteiger partial charge in [-0.3, -0.25) is 4.72 Å². The van der Waals surface area contributed by atoms with E-state index in [0.717, 1.165) is 23.3 Å².